The maximum Gasteiger partial charge on any atom is 0.249 e. The van der Waals surface area contributed by atoms with Crippen molar-refractivity contribution in [1.82, 2.24) is 20.4 Å². The first-order valence-corrected chi connectivity index (χ1v) is 13.1. The summed E-state index contributed by atoms with van der Waals surface area (Å²) in [5.74, 6) is -2.07. The number of benzene rings is 2. The topological polar surface area (TPSA) is 164 Å². The van der Waals surface area contributed by atoms with E-state index in [9.17, 15) is 18.6 Å². The third kappa shape index (κ3) is 5.81. The van der Waals surface area contributed by atoms with Crippen LogP contribution in [0.15, 0.2) is 70.2 Å². The van der Waals surface area contributed by atoms with E-state index in [1.165, 1.54) is 37.4 Å². The fraction of sp³-hybridized carbons (Fsp3) is 0.240. The quantitative estimate of drug-likeness (QED) is 0.196. The highest BCUT2D eigenvalue weighted by Crippen LogP contribution is 2.31. The van der Waals surface area contributed by atoms with Crippen LogP contribution in [-0.2, 0) is 15.7 Å². The van der Waals surface area contributed by atoms with Crippen molar-refractivity contribution in [3.63, 3.8) is 0 Å². The summed E-state index contributed by atoms with van der Waals surface area (Å²) in [6, 6.07) is 14.2. The lowest BCUT2D eigenvalue weighted by Crippen LogP contribution is -2.55. The molecule has 5 N–H and O–H groups in total. The summed E-state index contributed by atoms with van der Waals surface area (Å²) in [4.78, 5) is 8.99. The summed E-state index contributed by atoms with van der Waals surface area (Å²) >= 11 is 0. The third-order valence-corrected chi connectivity index (χ3v) is 7.84. The molecule has 0 amide bonds. The van der Waals surface area contributed by atoms with Gasteiger partial charge in [-0.1, -0.05) is 53.8 Å². The molecule has 4 radical (unpaired) electrons. The Labute approximate surface area is 223 Å². The number of nitrogens with zero attached hydrogens (tertiary/aromatic N) is 3. The summed E-state index contributed by atoms with van der Waals surface area (Å²) in [6.07, 6.45) is 1.48. The standard InChI is InChI=1S/C25H25B2N5O5S/c1-14(2)38(35,36)18-10-6-16(7-11-18)20-13-29-23(28)22(30-20)21-12-19(31-37-21)15-4-8-17(9-5-15)25(33,34)32-24(3,26)27/h4-14,32-34H,1-3H3,(H2,28,29). The Bertz CT molecular complexity index is 1550. The van der Waals surface area contributed by atoms with Gasteiger partial charge in [-0.25, -0.2) is 18.4 Å². The Kier molecular flexibility index (Phi) is 7.23. The number of rotatable bonds is 8. The van der Waals surface area contributed by atoms with Gasteiger partial charge >= 0.3 is 0 Å². The van der Waals surface area contributed by atoms with Gasteiger partial charge in [0.25, 0.3) is 0 Å². The maximum atomic E-state index is 12.4. The lowest BCUT2D eigenvalue weighted by atomic mass is 9.63. The Balaban J connectivity index is 1.60. The van der Waals surface area contributed by atoms with Gasteiger partial charge in [0.1, 0.15) is 5.69 Å². The Hall–Kier alpha value is -3.51. The molecule has 0 aliphatic heterocycles. The van der Waals surface area contributed by atoms with E-state index in [4.69, 9.17) is 25.9 Å². The summed E-state index contributed by atoms with van der Waals surface area (Å²) < 4.78 is 30.3. The molecule has 2 aromatic heterocycles. The molecule has 13 heteroatoms. The van der Waals surface area contributed by atoms with Gasteiger partial charge in [-0.3, -0.25) is 5.32 Å². The molecule has 0 atom stereocenters. The zero-order valence-corrected chi connectivity index (χ0v) is 21.8. The SMILES string of the molecule is [B]C([B])(C)NC(O)(O)c1ccc(-c2cc(-c3nc(-c4ccc(S(=O)(=O)C(C)C)cc4)cnc3N)on2)cc1. The number of aliphatic hydroxyl groups is 2. The molecule has 0 aliphatic carbocycles. The van der Waals surface area contributed by atoms with Crippen LogP contribution in [0.25, 0.3) is 34.0 Å². The highest BCUT2D eigenvalue weighted by Gasteiger charge is 2.30. The third-order valence-electron chi connectivity index (χ3n) is 5.67. The summed E-state index contributed by atoms with van der Waals surface area (Å²) in [5.41, 5.74) is 8.60. The highest BCUT2D eigenvalue weighted by atomic mass is 32.2. The second-order valence-corrected chi connectivity index (χ2v) is 11.8. The molecule has 0 spiro atoms. The molecular weight excluding hydrogens is 504 g/mol. The lowest BCUT2D eigenvalue weighted by Gasteiger charge is -2.32. The van der Waals surface area contributed by atoms with E-state index in [1.54, 1.807) is 44.2 Å². The van der Waals surface area contributed by atoms with Crippen LogP contribution < -0.4 is 11.1 Å². The largest absolute Gasteiger partial charge is 0.382 e. The van der Waals surface area contributed by atoms with Crippen LogP contribution in [0.5, 0.6) is 0 Å². The first kappa shape index (κ1) is 27.5. The van der Waals surface area contributed by atoms with Crippen LogP contribution >= 0.6 is 0 Å². The molecular formula is C25H25B2N5O5S. The van der Waals surface area contributed by atoms with Crippen LogP contribution in [0.4, 0.5) is 5.82 Å². The average molecular weight is 529 g/mol. The second kappa shape index (κ2) is 9.99. The fourth-order valence-corrected chi connectivity index (χ4v) is 4.71. The van der Waals surface area contributed by atoms with E-state index in [2.05, 4.69) is 20.4 Å². The van der Waals surface area contributed by atoms with E-state index >= 15 is 0 Å². The van der Waals surface area contributed by atoms with Crippen LogP contribution in [0.3, 0.4) is 0 Å². The van der Waals surface area contributed by atoms with Crippen molar-refractivity contribution in [3.8, 4) is 34.0 Å². The number of aromatic nitrogens is 3. The van der Waals surface area contributed by atoms with E-state index in [-0.39, 0.29) is 27.7 Å². The minimum Gasteiger partial charge on any atom is -0.382 e. The van der Waals surface area contributed by atoms with Crippen LogP contribution in [-0.4, -0.2) is 60.0 Å². The Morgan fingerprint density at radius 3 is 2.16 bits per heavy atom. The minimum atomic E-state index is -3.40. The van der Waals surface area contributed by atoms with Crippen molar-refractivity contribution in [2.45, 2.75) is 42.2 Å². The molecule has 2 aromatic carbocycles. The molecule has 192 valence electrons. The van der Waals surface area contributed by atoms with E-state index in [0.717, 1.165) is 0 Å². The maximum absolute atomic E-state index is 12.4. The van der Waals surface area contributed by atoms with Gasteiger partial charge in [0, 0.05) is 22.8 Å². The van der Waals surface area contributed by atoms with Gasteiger partial charge in [-0.2, -0.15) is 0 Å². The van der Waals surface area contributed by atoms with E-state index in [1.807, 2.05) is 0 Å². The molecule has 4 rings (SSSR count). The van der Waals surface area contributed by atoms with Gasteiger partial charge in [0.15, 0.2) is 27.1 Å². The van der Waals surface area contributed by atoms with Gasteiger partial charge in [-0.05, 0) is 26.0 Å². The molecule has 38 heavy (non-hydrogen) atoms. The second-order valence-electron chi connectivity index (χ2n) is 9.34. The van der Waals surface area contributed by atoms with Crippen molar-refractivity contribution in [3.05, 3.63) is 66.4 Å². The van der Waals surface area contributed by atoms with Gasteiger partial charge in [-0.15, -0.1) is 0 Å². The van der Waals surface area contributed by atoms with Gasteiger partial charge in [0.2, 0.25) is 5.91 Å². The number of nitrogens with two attached hydrogens (primary N) is 1. The molecule has 0 saturated heterocycles. The number of hydrogen-bond donors (Lipinski definition) is 4. The van der Waals surface area contributed by atoms with E-state index < -0.39 is 26.3 Å². The molecule has 0 fully saturated rings. The molecule has 0 saturated carbocycles. The fourth-order valence-electron chi connectivity index (χ4n) is 3.65. The molecule has 0 unspecified atom stereocenters. The first-order chi connectivity index (χ1) is 17.7. The Morgan fingerprint density at radius 2 is 1.58 bits per heavy atom. The number of nitrogen functional groups attached to an aromatic ring is 1. The molecule has 10 nitrogen and oxygen atoms in total. The predicted octanol–water partition coefficient (Wildman–Crippen LogP) is 1.93. The average Bonchev–Trinajstić information content (AvgIpc) is 3.33. The number of sulfone groups is 1. The predicted molar refractivity (Wildman–Crippen MR) is 144 cm³/mol. The number of hydrogen-bond acceptors (Lipinski definition) is 10. The van der Waals surface area contributed by atoms with Gasteiger partial charge in [0.05, 0.1) is 37.7 Å². The van der Waals surface area contributed by atoms with Crippen LogP contribution in [0, 0.1) is 0 Å². The number of anilines is 1. The Morgan fingerprint density at radius 1 is 1.00 bits per heavy atom. The van der Waals surface area contributed by atoms with Crippen molar-refractivity contribution < 1.29 is 23.2 Å². The van der Waals surface area contributed by atoms with E-state index in [0.29, 0.717) is 22.5 Å². The summed E-state index contributed by atoms with van der Waals surface area (Å²) in [7, 11) is 7.82. The van der Waals surface area contributed by atoms with Crippen molar-refractivity contribution >= 4 is 31.3 Å². The number of nitrogens with one attached hydrogen (secondary N) is 1. The minimum absolute atomic E-state index is 0.113. The highest BCUT2D eigenvalue weighted by molar-refractivity contribution is 7.92. The molecule has 0 bridgehead atoms. The lowest BCUT2D eigenvalue weighted by molar-refractivity contribution is -0.198. The van der Waals surface area contributed by atoms with Crippen molar-refractivity contribution in [1.29, 1.82) is 0 Å². The first-order valence-electron chi connectivity index (χ1n) is 11.5. The summed E-state index contributed by atoms with van der Waals surface area (Å²) in [6.45, 7) is 4.64. The van der Waals surface area contributed by atoms with Crippen molar-refractivity contribution in [2.75, 3.05) is 5.73 Å². The molecule has 4 aromatic rings. The zero-order valence-electron chi connectivity index (χ0n) is 21.0. The normalized spacial score (nSPS) is 12.7. The van der Waals surface area contributed by atoms with Gasteiger partial charge < -0.3 is 20.5 Å². The van der Waals surface area contributed by atoms with Crippen LogP contribution in [0.1, 0.15) is 26.3 Å². The van der Waals surface area contributed by atoms with Crippen LogP contribution in [0.2, 0.25) is 0 Å². The summed E-state index contributed by atoms with van der Waals surface area (Å²) in [5, 5.41) is 24.8. The molecule has 2 heterocycles. The van der Waals surface area contributed by atoms with Crippen molar-refractivity contribution in [2.24, 2.45) is 0 Å². The zero-order chi connectivity index (χ0) is 27.9. The smallest absolute Gasteiger partial charge is 0.249 e. The molecule has 0 aliphatic rings. The monoisotopic (exact) mass is 529 g/mol.